The van der Waals surface area contributed by atoms with Crippen LogP contribution in [0.15, 0.2) is 284 Å². The molecule has 2 heterocycles. The Morgan fingerprint density at radius 3 is 1.54 bits per heavy atom. The van der Waals surface area contributed by atoms with Gasteiger partial charge < -0.3 is 47.6 Å². The molecule has 10 aromatic carbocycles. The van der Waals surface area contributed by atoms with E-state index in [4.69, 9.17) is 42.3 Å². The summed E-state index contributed by atoms with van der Waals surface area (Å²) in [6.45, 7) is 9.40. The van der Waals surface area contributed by atoms with Gasteiger partial charge in [0, 0.05) is 4.90 Å². The highest BCUT2D eigenvalue weighted by atomic mass is 32.2. The van der Waals surface area contributed by atoms with E-state index in [-0.39, 0.29) is 52.0 Å². The van der Waals surface area contributed by atoms with Gasteiger partial charge in [-0.1, -0.05) is 287 Å². The molecule has 12 rings (SSSR count). The normalized spacial score (nSPS) is 21.3. The summed E-state index contributed by atoms with van der Waals surface area (Å²) >= 11 is 1.43. The second kappa shape index (κ2) is 32.6. The fourth-order valence-corrected chi connectivity index (χ4v) is 18.5. The molecule has 2 fully saturated rings. The van der Waals surface area contributed by atoms with Crippen LogP contribution in [0.1, 0.15) is 64.5 Å². The molecule has 0 bridgehead atoms. The van der Waals surface area contributed by atoms with Gasteiger partial charge in [0.05, 0.1) is 51.6 Å². The van der Waals surface area contributed by atoms with E-state index in [1.807, 2.05) is 183 Å². The molecule has 0 unspecified atom stereocenters. The number of amides is 1. The minimum absolute atomic E-state index is 0.0229. The monoisotopic (exact) mass is 1320 g/mol. The maximum atomic E-state index is 15.2. The average molecular weight is 1320 g/mol. The molecule has 96 heavy (non-hydrogen) atoms. The number of fused-ring (bicyclic) bond motifs is 1. The van der Waals surface area contributed by atoms with Crippen molar-refractivity contribution in [2.75, 3.05) is 13.2 Å². The largest absolute Gasteiger partial charge is 0.452 e. The predicted octanol–water partition coefficient (Wildman–Crippen LogP) is 14.6. The van der Waals surface area contributed by atoms with Gasteiger partial charge in [-0.2, -0.15) is 0 Å². The van der Waals surface area contributed by atoms with Gasteiger partial charge in [-0.3, -0.25) is 4.79 Å². The number of hydrogen-bond donors (Lipinski definition) is 1. The lowest BCUT2D eigenvalue weighted by Crippen LogP contribution is -2.70. The fourth-order valence-electron chi connectivity index (χ4n) is 12.9. The topological polar surface area (TPSA) is 129 Å². The standard InChI is InChI=1S/C82H83NO11SSi/c1-58-44-48-67(49-45-58)95-81-78(93-79(85)65-37-20-9-21-38-65)77(89-54-62-34-18-8-19-35-62)75(71(92-81)57-90-96(82(2,3)4,68-40-22-10-23-41-68)69-42-24-11-25-43-69)94-80-73(83-72(84)51-59-28-12-5-13-29-59)76(88-53-61-32-16-7-17-33-61)74(70(91-80)56-86-52-60-30-14-6-15-31-60)87-55-63-46-47-64-36-26-27-39-66(64)50-63/h5-50,70-71,73-78,80-81H,51-57H2,1-4H3,(H,83,84)/t70-,71-,73-,74-,75-,76-,77+,78-,80-,81+/m1/s1. The lowest BCUT2D eigenvalue weighted by atomic mass is 9.94. The highest BCUT2D eigenvalue weighted by Gasteiger charge is 2.57. The third-order valence-corrected chi connectivity index (χ3v) is 23.9. The van der Waals surface area contributed by atoms with Gasteiger partial charge in [0.25, 0.3) is 8.32 Å². The quantitative estimate of drug-likeness (QED) is 0.0389. The van der Waals surface area contributed by atoms with Crippen molar-refractivity contribution >= 4 is 53.1 Å². The summed E-state index contributed by atoms with van der Waals surface area (Å²) in [5, 5.41) is 7.29. The number of rotatable bonds is 27. The van der Waals surface area contributed by atoms with E-state index in [2.05, 4.69) is 117 Å². The summed E-state index contributed by atoms with van der Waals surface area (Å²) in [5.74, 6) is -0.888. The highest BCUT2D eigenvalue weighted by Crippen LogP contribution is 2.43. The number of carbonyl (C=O) groups excluding carboxylic acids is 2. The van der Waals surface area contributed by atoms with E-state index in [0.29, 0.717) is 5.56 Å². The number of aryl methyl sites for hydroxylation is 1. The number of benzene rings is 10. The Bertz CT molecular complexity index is 3990. The lowest BCUT2D eigenvalue weighted by molar-refractivity contribution is -0.330. The zero-order valence-corrected chi connectivity index (χ0v) is 56.5. The van der Waals surface area contributed by atoms with Crippen LogP contribution in [-0.2, 0) is 80.0 Å². The molecule has 2 aliphatic heterocycles. The second-order valence-corrected chi connectivity index (χ2v) is 31.0. The van der Waals surface area contributed by atoms with Gasteiger partial charge in [-0.15, -0.1) is 0 Å². The molecular formula is C82H83NO11SSi. The first-order valence-electron chi connectivity index (χ1n) is 33.0. The van der Waals surface area contributed by atoms with E-state index in [1.165, 1.54) is 11.8 Å². The van der Waals surface area contributed by atoms with Gasteiger partial charge in [0.15, 0.2) is 12.4 Å². The highest BCUT2D eigenvalue weighted by molar-refractivity contribution is 7.99. The molecule has 0 radical (unpaired) electrons. The average Bonchev–Trinajstić information content (AvgIpc) is 0.750. The van der Waals surface area contributed by atoms with Crippen molar-refractivity contribution in [2.45, 2.75) is 131 Å². The van der Waals surface area contributed by atoms with E-state index in [9.17, 15) is 4.79 Å². The van der Waals surface area contributed by atoms with Crippen LogP contribution in [-0.4, -0.2) is 93.9 Å². The molecule has 0 aromatic heterocycles. The van der Waals surface area contributed by atoms with Crippen molar-refractivity contribution in [3.63, 3.8) is 0 Å². The summed E-state index contributed by atoms with van der Waals surface area (Å²) in [7, 11) is -3.35. The molecule has 12 nitrogen and oxygen atoms in total. The van der Waals surface area contributed by atoms with Crippen LogP contribution in [0.2, 0.25) is 5.04 Å². The van der Waals surface area contributed by atoms with Crippen molar-refractivity contribution in [1.82, 2.24) is 5.32 Å². The zero-order valence-electron chi connectivity index (χ0n) is 54.7. The number of esters is 1. The zero-order chi connectivity index (χ0) is 66.1. The molecule has 1 amide bonds. The molecule has 2 aliphatic rings. The smallest absolute Gasteiger partial charge is 0.338 e. The van der Waals surface area contributed by atoms with Gasteiger partial charge in [0.1, 0.15) is 48.1 Å². The van der Waals surface area contributed by atoms with E-state index >= 15 is 4.79 Å². The molecule has 10 atom stereocenters. The Hall–Kier alpha value is -8.35. The minimum Gasteiger partial charge on any atom is -0.452 e. The maximum absolute atomic E-state index is 15.2. The van der Waals surface area contributed by atoms with Crippen molar-refractivity contribution in [3.8, 4) is 0 Å². The number of hydrogen-bond acceptors (Lipinski definition) is 12. The van der Waals surface area contributed by atoms with Crippen LogP contribution < -0.4 is 15.7 Å². The molecule has 1 N–H and O–H groups in total. The first kappa shape index (κ1) is 67.6. The first-order valence-corrected chi connectivity index (χ1v) is 35.8. The van der Waals surface area contributed by atoms with Crippen LogP contribution in [0.5, 0.6) is 0 Å². The maximum Gasteiger partial charge on any atom is 0.338 e. The number of ether oxygens (including phenoxy) is 8. The second-order valence-electron chi connectivity index (χ2n) is 25.6. The Morgan fingerprint density at radius 2 is 0.958 bits per heavy atom. The summed E-state index contributed by atoms with van der Waals surface area (Å²) in [4.78, 5) is 31.1. The van der Waals surface area contributed by atoms with Crippen LogP contribution in [0.4, 0.5) is 0 Å². The molecule has 14 heteroatoms. The minimum atomic E-state index is -3.35. The number of carbonyl (C=O) groups is 2. The SMILES string of the molecule is Cc1ccc(S[C@@H]2O[C@H](CO[Si](c3ccccc3)(c3ccccc3)C(C)(C)C)[C@@H](O[C@H]3O[C@H](COCc4ccccc4)[C@@H](OCc4ccc5ccccc5c4)[C@H](OCc4ccccc4)[C@H]3NC(=O)Cc3ccccc3)[C@H](OCc3ccccc3)[C@H]2OC(=O)c2ccccc2)cc1. The van der Waals surface area contributed by atoms with Crippen LogP contribution in [0.3, 0.4) is 0 Å². The van der Waals surface area contributed by atoms with Crippen LogP contribution in [0.25, 0.3) is 10.8 Å². The van der Waals surface area contributed by atoms with Crippen molar-refractivity contribution in [2.24, 2.45) is 0 Å². The van der Waals surface area contributed by atoms with E-state index < -0.39 is 79.8 Å². The van der Waals surface area contributed by atoms with Crippen LogP contribution >= 0.6 is 11.8 Å². The summed E-state index contributed by atoms with van der Waals surface area (Å²) in [5.41, 5.74) is 4.99. The molecule has 492 valence electrons. The summed E-state index contributed by atoms with van der Waals surface area (Å²) in [6.07, 6.45) is -8.47. The summed E-state index contributed by atoms with van der Waals surface area (Å²) in [6, 6.07) is 90.9. The van der Waals surface area contributed by atoms with Crippen molar-refractivity contribution < 1.29 is 51.9 Å². The van der Waals surface area contributed by atoms with Crippen LogP contribution in [0, 0.1) is 6.92 Å². The molecule has 0 spiro atoms. The van der Waals surface area contributed by atoms with E-state index in [1.54, 1.807) is 12.1 Å². The third kappa shape index (κ3) is 17.1. The van der Waals surface area contributed by atoms with Crippen molar-refractivity contribution in [3.05, 3.63) is 318 Å². The Labute approximate surface area is 569 Å². The molecule has 0 saturated carbocycles. The number of thioether (sulfide) groups is 1. The molecule has 0 aliphatic carbocycles. The summed E-state index contributed by atoms with van der Waals surface area (Å²) < 4.78 is 66.6. The Balaban J connectivity index is 1.02. The third-order valence-electron chi connectivity index (χ3n) is 17.7. The Morgan fingerprint density at radius 1 is 0.469 bits per heavy atom. The molecular weight excluding hydrogens is 1240 g/mol. The van der Waals surface area contributed by atoms with Gasteiger partial charge in [-0.05, 0) is 91.3 Å². The lowest BCUT2D eigenvalue weighted by Gasteiger charge is -2.51. The molecule has 10 aromatic rings. The van der Waals surface area contributed by atoms with Gasteiger partial charge >= 0.3 is 5.97 Å². The molecule has 2 saturated heterocycles. The van der Waals surface area contributed by atoms with Crippen molar-refractivity contribution in [1.29, 1.82) is 0 Å². The number of nitrogens with one attached hydrogen (secondary N) is 1. The van der Waals surface area contributed by atoms with E-state index in [0.717, 1.165) is 59.4 Å². The first-order chi connectivity index (χ1) is 46.9. The van der Waals surface area contributed by atoms with Gasteiger partial charge in [-0.25, -0.2) is 4.79 Å². The van der Waals surface area contributed by atoms with Gasteiger partial charge in [0.2, 0.25) is 5.91 Å². The predicted molar refractivity (Wildman–Crippen MR) is 379 cm³/mol. The fraction of sp³-hybridized carbons (Fsp3) is 0.268. The Kier molecular flexibility index (Phi) is 23.0.